The predicted molar refractivity (Wildman–Crippen MR) is 67.8 cm³/mol. The summed E-state index contributed by atoms with van der Waals surface area (Å²) < 4.78 is 5.29. The second-order valence-corrected chi connectivity index (χ2v) is 5.30. The summed E-state index contributed by atoms with van der Waals surface area (Å²) in [5.74, 6) is 0.627. The molecule has 1 aliphatic rings. The summed E-state index contributed by atoms with van der Waals surface area (Å²) in [5, 5.41) is 7.61. The third kappa shape index (κ3) is 4.42. The second-order valence-electron chi connectivity index (χ2n) is 5.03. The van der Waals surface area contributed by atoms with Crippen molar-refractivity contribution < 1.29 is 9.53 Å². The Kier molecular flexibility index (Phi) is 4.62. The molecular formula is C11H20ClN3O2. The van der Waals surface area contributed by atoms with Crippen molar-refractivity contribution in [3.8, 4) is 0 Å². The summed E-state index contributed by atoms with van der Waals surface area (Å²) in [6.45, 7) is 8.00. The number of amidine groups is 1. The van der Waals surface area contributed by atoms with Crippen LogP contribution in [0.3, 0.4) is 0 Å². The fourth-order valence-corrected chi connectivity index (χ4v) is 1.74. The molecule has 0 unspecified atom stereocenters. The molecule has 1 heterocycles. The third-order valence-corrected chi connectivity index (χ3v) is 2.69. The van der Waals surface area contributed by atoms with E-state index in [1.165, 1.54) is 0 Å². The van der Waals surface area contributed by atoms with Crippen molar-refractivity contribution in [3.63, 3.8) is 0 Å². The number of rotatable bonds is 1. The number of nitrogens with zero attached hydrogens (tertiary/aromatic N) is 2. The van der Waals surface area contributed by atoms with Crippen LogP contribution < -0.4 is 0 Å². The lowest BCUT2D eigenvalue weighted by molar-refractivity contribution is 0.0186. The van der Waals surface area contributed by atoms with Crippen LogP contribution in [0, 0.1) is 5.41 Å². The third-order valence-electron chi connectivity index (χ3n) is 2.44. The van der Waals surface area contributed by atoms with Crippen molar-refractivity contribution in [3.05, 3.63) is 0 Å². The van der Waals surface area contributed by atoms with E-state index >= 15 is 0 Å². The minimum atomic E-state index is -0.461. The number of ether oxygens (including phenoxy) is 1. The molecule has 1 aliphatic heterocycles. The van der Waals surface area contributed by atoms with Crippen LogP contribution in [0.2, 0.25) is 0 Å². The Bertz CT molecular complexity index is 294. The molecule has 17 heavy (non-hydrogen) atoms. The van der Waals surface area contributed by atoms with Crippen molar-refractivity contribution in [1.82, 2.24) is 9.80 Å². The van der Waals surface area contributed by atoms with Crippen molar-refractivity contribution >= 4 is 23.5 Å². The topological polar surface area (TPSA) is 56.6 Å². The summed E-state index contributed by atoms with van der Waals surface area (Å²) in [6, 6.07) is 0. The lowest BCUT2D eigenvalue weighted by Gasteiger charge is -2.36. The van der Waals surface area contributed by atoms with Crippen molar-refractivity contribution in [2.45, 2.75) is 26.4 Å². The second kappa shape index (κ2) is 5.58. The van der Waals surface area contributed by atoms with E-state index in [0.29, 0.717) is 32.0 Å². The first kappa shape index (κ1) is 14.1. The van der Waals surface area contributed by atoms with Crippen LogP contribution in [0.1, 0.15) is 20.8 Å². The number of nitrogens with one attached hydrogen (secondary N) is 1. The van der Waals surface area contributed by atoms with Crippen molar-refractivity contribution in [2.75, 3.05) is 32.1 Å². The van der Waals surface area contributed by atoms with E-state index in [4.69, 9.17) is 21.7 Å². The van der Waals surface area contributed by atoms with Crippen LogP contribution in [0.5, 0.6) is 0 Å². The molecule has 6 heteroatoms. The van der Waals surface area contributed by atoms with Gasteiger partial charge in [-0.2, -0.15) is 0 Å². The normalized spacial score (nSPS) is 16.9. The highest BCUT2D eigenvalue weighted by molar-refractivity contribution is 6.27. The lowest BCUT2D eigenvalue weighted by atomic mass is 10.2. The monoisotopic (exact) mass is 261 g/mol. The van der Waals surface area contributed by atoms with E-state index in [9.17, 15) is 4.79 Å². The van der Waals surface area contributed by atoms with Gasteiger partial charge in [0.2, 0.25) is 0 Å². The van der Waals surface area contributed by atoms with E-state index in [-0.39, 0.29) is 12.0 Å². The van der Waals surface area contributed by atoms with E-state index in [0.717, 1.165) is 0 Å². The average Bonchev–Trinajstić information content (AvgIpc) is 2.26. The van der Waals surface area contributed by atoms with Gasteiger partial charge in [0, 0.05) is 26.2 Å². The van der Waals surface area contributed by atoms with Gasteiger partial charge in [-0.05, 0) is 20.8 Å². The zero-order chi connectivity index (χ0) is 13.1. The fourth-order valence-electron chi connectivity index (χ4n) is 1.57. The number of carbonyl (C=O) groups is 1. The largest absolute Gasteiger partial charge is 0.444 e. The van der Waals surface area contributed by atoms with Gasteiger partial charge in [-0.1, -0.05) is 0 Å². The maximum Gasteiger partial charge on any atom is 0.410 e. The molecular weight excluding hydrogens is 242 g/mol. The Balaban J connectivity index is 2.42. The van der Waals surface area contributed by atoms with E-state index in [1.807, 2.05) is 25.7 Å². The van der Waals surface area contributed by atoms with Gasteiger partial charge in [0.1, 0.15) is 11.4 Å². The van der Waals surface area contributed by atoms with Crippen molar-refractivity contribution in [1.29, 1.82) is 5.41 Å². The molecule has 0 aromatic rings. The quantitative estimate of drug-likeness (QED) is 0.445. The summed E-state index contributed by atoms with van der Waals surface area (Å²) in [4.78, 5) is 15.3. The molecule has 0 radical (unpaired) electrons. The zero-order valence-electron chi connectivity index (χ0n) is 10.6. The van der Waals surface area contributed by atoms with Gasteiger partial charge < -0.3 is 14.5 Å². The summed E-state index contributed by atoms with van der Waals surface area (Å²) in [5.41, 5.74) is -0.461. The van der Waals surface area contributed by atoms with E-state index < -0.39 is 5.60 Å². The van der Waals surface area contributed by atoms with E-state index in [2.05, 4.69) is 0 Å². The van der Waals surface area contributed by atoms with Crippen LogP contribution >= 0.6 is 11.6 Å². The van der Waals surface area contributed by atoms with Crippen LogP contribution in [0.15, 0.2) is 0 Å². The number of amides is 1. The molecule has 0 bridgehead atoms. The standard InChI is InChI=1S/C11H20ClN3O2/c1-11(2,3)17-10(16)15-6-4-14(5-7-15)9(13)8-12/h13H,4-8H2,1-3H3. The lowest BCUT2D eigenvalue weighted by Crippen LogP contribution is -2.51. The Morgan fingerprint density at radius 1 is 1.24 bits per heavy atom. The number of halogens is 1. The highest BCUT2D eigenvalue weighted by atomic mass is 35.5. The molecule has 1 rings (SSSR count). The summed E-state index contributed by atoms with van der Waals surface area (Å²) in [7, 11) is 0. The first-order chi connectivity index (χ1) is 7.83. The molecule has 1 amide bonds. The molecule has 0 aliphatic carbocycles. The van der Waals surface area contributed by atoms with Gasteiger partial charge in [0.05, 0.1) is 5.88 Å². The molecule has 0 atom stereocenters. The molecule has 0 aromatic heterocycles. The Labute approximate surface area is 107 Å². The average molecular weight is 262 g/mol. The molecule has 1 N–H and O–H groups in total. The predicted octanol–water partition coefficient (Wildman–Crippen LogP) is 1.76. The van der Waals surface area contributed by atoms with Gasteiger partial charge in [-0.25, -0.2) is 4.79 Å². The molecule has 98 valence electrons. The number of hydrogen-bond acceptors (Lipinski definition) is 3. The molecule has 0 saturated carbocycles. The Morgan fingerprint density at radius 2 is 1.71 bits per heavy atom. The first-order valence-corrected chi connectivity index (χ1v) is 6.23. The number of hydrogen-bond donors (Lipinski definition) is 1. The highest BCUT2D eigenvalue weighted by Gasteiger charge is 2.26. The van der Waals surface area contributed by atoms with Crippen LogP contribution in [-0.2, 0) is 4.74 Å². The van der Waals surface area contributed by atoms with Gasteiger partial charge in [0.25, 0.3) is 0 Å². The molecule has 1 saturated heterocycles. The minimum absolute atomic E-state index is 0.215. The first-order valence-electron chi connectivity index (χ1n) is 5.70. The van der Waals surface area contributed by atoms with Crippen LogP contribution in [-0.4, -0.2) is 59.4 Å². The highest BCUT2D eigenvalue weighted by Crippen LogP contribution is 2.12. The fraction of sp³-hybridized carbons (Fsp3) is 0.818. The summed E-state index contributed by atoms with van der Waals surface area (Å²) >= 11 is 5.60. The molecule has 5 nitrogen and oxygen atoms in total. The number of alkyl halides is 1. The van der Waals surface area contributed by atoms with Crippen molar-refractivity contribution in [2.24, 2.45) is 0 Å². The molecule has 0 spiro atoms. The van der Waals surface area contributed by atoms with Gasteiger partial charge in [-0.3, -0.25) is 5.41 Å². The Morgan fingerprint density at radius 3 is 2.12 bits per heavy atom. The maximum absolute atomic E-state index is 11.8. The SMILES string of the molecule is CC(C)(C)OC(=O)N1CCN(C(=N)CCl)CC1. The van der Waals surface area contributed by atoms with E-state index in [1.54, 1.807) is 4.90 Å². The Hall–Kier alpha value is -0.970. The minimum Gasteiger partial charge on any atom is -0.444 e. The van der Waals surface area contributed by atoms with Gasteiger partial charge in [-0.15, -0.1) is 11.6 Å². The maximum atomic E-state index is 11.8. The number of piperazine rings is 1. The zero-order valence-corrected chi connectivity index (χ0v) is 11.4. The number of carbonyl (C=O) groups excluding carboxylic acids is 1. The van der Waals surface area contributed by atoms with Crippen LogP contribution in [0.25, 0.3) is 0 Å². The van der Waals surface area contributed by atoms with Crippen LogP contribution in [0.4, 0.5) is 4.79 Å². The molecule has 0 aromatic carbocycles. The smallest absolute Gasteiger partial charge is 0.410 e. The van der Waals surface area contributed by atoms with Gasteiger partial charge >= 0.3 is 6.09 Å². The molecule has 1 fully saturated rings. The summed E-state index contributed by atoms with van der Waals surface area (Å²) in [6.07, 6.45) is -0.283. The van der Waals surface area contributed by atoms with Gasteiger partial charge in [0.15, 0.2) is 0 Å².